The van der Waals surface area contributed by atoms with Crippen LogP contribution in [0.15, 0.2) is 352 Å². The van der Waals surface area contributed by atoms with Crippen LogP contribution in [0.4, 0.5) is 0 Å². The van der Waals surface area contributed by atoms with Crippen molar-refractivity contribution in [2.75, 3.05) is 0 Å². The van der Waals surface area contributed by atoms with Gasteiger partial charge in [0.15, 0.2) is 11.6 Å². The number of rotatable bonds is 10. The molecule has 470 valence electrons. The van der Waals surface area contributed by atoms with Gasteiger partial charge in [-0.3, -0.25) is 9.97 Å². The summed E-state index contributed by atoms with van der Waals surface area (Å²) in [5.74, 6) is 1.42. The normalized spacial score (nSPS) is 12.9. The highest BCUT2D eigenvalue weighted by Crippen LogP contribution is 2.63. The van der Waals surface area contributed by atoms with Crippen LogP contribution >= 0.6 is 0 Å². The predicted molar refractivity (Wildman–Crippen MR) is 408 cm³/mol. The highest BCUT2D eigenvalue weighted by Gasteiger charge is 2.51. The fourth-order valence-electron chi connectivity index (χ4n) is 15.5. The van der Waals surface area contributed by atoms with Crippen LogP contribution in [0.2, 0.25) is 0 Å². The van der Waals surface area contributed by atoms with Crippen LogP contribution in [-0.4, -0.2) is 29.9 Å². The van der Waals surface area contributed by atoms with E-state index in [2.05, 4.69) is 303 Å². The van der Waals surface area contributed by atoms with Crippen LogP contribution in [0.1, 0.15) is 47.2 Å². The molecule has 1 spiro atoms. The van der Waals surface area contributed by atoms with E-state index in [0.29, 0.717) is 11.6 Å². The number of nitrogens with zero attached hydrogens (tertiary/aromatic N) is 6. The second-order valence-electron chi connectivity index (χ2n) is 26.5. The highest BCUT2D eigenvalue weighted by atomic mass is 14.9. The lowest BCUT2D eigenvalue weighted by Gasteiger charge is -2.30. The van der Waals surface area contributed by atoms with Gasteiger partial charge in [0.1, 0.15) is 0 Å². The first kappa shape index (κ1) is 59.6. The summed E-state index contributed by atoms with van der Waals surface area (Å²) in [5.41, 5.74) is 34.7. The number of hydrogen-bond acceptors (Lipinski definition) is 6. The monoisotopic (exact) mass is 1280 g/mol. The van der Waals surface area contributed by atoms with Crippen LogP contribution in [0.25, 0.3) is 146 Å². The summed E-state index contributed by atoms with van der Waals surface area (Å²) in [4.78, 5) is 28.8. The Morgan fingerprint density at radius 1 is 0.200 bits per heavy atom. The molecular formula is C94H64N6. The third kappa shape index (κ3) is 10.4. The number of benzene rings is 12. The summed E-state index contributed by atoms with van der Waals surface area (Å²) in [6.45, 7) is 4.64. The maximum absolute atomic E-state index is 5.10. The fourth-order valence-corrected chi connectivity index (χ4v) is 15.5. The predicted octanol–water partition coefficient (Wildman–Crippen LogP) is 23.1. The van der Waals surface area contributed by atoms with E-state index >= 15 is 0 Å². The van der Waals surface area contributed by atoms with Crippen molar-refractivity contribution in [3.63, 3.8) is 0 Å². The molecule has 12 aromatic carbocycles. The van der Waals surface area contributed by atoms with Gasteiger partial charge in [0, 0.05) is 63.6 Å². The quantitative estimate of drug-likeness (QED) is 0.136. The molecule has 0 unspecified atom stereocenters. The third-order valence-electron chi connectivity index (χ3n) is 20.5. The van der Waals surface area contributed by atoms with Gasteiger partial charge in [-0.1, -0.05) is 305 Å². The minimum atomic E-state index is -0.332. The molecule has 0 atom stereocenters. The molecule has 0 fully saturated rings. The third-order valence-corrected chi connectivity index (χ3v) is 20.5. The largest absolute Gasteiger partial charge is 0.264 e. The molecular weight excluding hydrogens is 1210 g/mol. The molecule has 3 aliphatic carbocycles. The Balaban J connectivity index is 0.000000147. The molecule has 0 bridgehead atoms. The van der Waals surface area contributed by atoms with Crippen LogP contribution < -0.4 is 0 Å². The average molecular weight is 1280 g/mol. The van der Waals surface area contributed by atoms with Gasteiger partial charge in [0.05, 0.1) is 28.2 Å². The molecule has 6 nitrogen and oxygen atoms in total. The fraction of sp³-hybridized carbons (Fsp3) is 0.0426. The minimum absolute atomic E-state index is 0.00850. The summed E-state index contributed by atoms with van der Waals surface area (Å²) in [6.07, 6.45) is 7.37. The van der Waals surface area contributed by atoms with E-state index in [1.807, 2.05) is 60.9 Å². The summed E-state index contributed by atoms with van der Waals surface area (Å²) in [7, 11) is 0. The van der Waals surface area contributed by atoms with E-state index in [4.69, 9.17) is 19.9 Å². The van der Waals surface area contributed by atoms with E-state index in [1.54, 1.807) is 12.4 Å². The first-order chi connectivity index (χ1) is 49.3. The minimum Gasteiger partial charge on any atom is -0.264 e. The summed E-state index contributed by atoms with van der Waals surface area (Å²) in [5, 5.41) is 0. The van der Waals surface area contributed by atoms with Gasteiger partial charge in [0.25, 0.3) is 0 Å². The Hall–Kier alpha value is -12.9. The van der Waals surface area contributed by atoms with Crippen molar-refractivity contribution in [3.05, 3.63) is 386 Å². The van der Waals surface area contributed by atoms with Gasteiger partial charge >= 0.3 is 0 Å². The number of aromatic nitrogens is 6. The first-order valence-electron chi connectivity index (χ1n) is 34.1. The Labute approximate surface area is 582 Å². The maximum atomic E-state index is 5.10. The number of pyridine rings is 2. The molecule has 0 radical (unpaired) electrons. The summed E-state index contributed by atoms with van der Waals surface area (Å²) < 4.78 is 0. The topological polar surface area (TPSA) is 77.3 Å². The molecule has 4 heterocycles. The average Bonchev–Trinajstić information content (AvgIpc) is 1.51. The lowest BCUT2D eigenvalue weighted by Crippen LogP contribution is -2.25. The zero-order valence-corrected chi connectivity index (χ0v) is 55.2. The zero-order chi connectivity index (χ0) is 66.7. The Bertz CT molecular complexity index is 5710. The van der Waals surface area contributed by atoms with E-state index in [9.17, 15) is 0 Å². The van der Waals surface area contributed by atoms with Crippen molar-refractivity contribution in [2.24, 2.45) is 0 Å². The molecule has 19 rings (SSSR count). The molecule has 0 aliphatic heterocycles. The molecule has 0 N–H and O–H groups in total. The standard InChI is InChI=1S/C52H33N3.C42H31N3/c1-2-11-38(12-3-1)51-54-49(32-50(55-51)37-26-22-35(23-27-37)40-13-10-30-53-33-40)36-24-20-34(21-25-36)39-28-29-48-44(31-39)43-16-6-9-19-47(43)52(48)45-17-7-4-14-41(45)42-15-5-8-18-46(42)52;1-42(2)37-13-7-6-12-35(37)36-25-33(22-23-38(36)42)28-14-18-30(19-15-28)39-26-40(45-41(44-39)32-9-4-3-5-10-32)31-20-16-29(17-21-31)34-11-8-24-43-27-34/h1-33H;3-27H,1-2H3. The van der Waals surface area contributed by atoms with E-state index in [-0.39, 0.29) is 10.8 Å². The number of hydrogen-bond donors (Lipinski definition) is 0. The van der Waals surface area contributed by atoms with Crippen LogP contribution in [0.3, 0.4) is 0 Å². The zero-order valence-electron chi connectivity index (χ0n) is 55.2. The van der Waals surface area contributed by atoms with Gasteiger partial charge < -0.3 is 0 Å². The molecule has 3 aliphatic rings. The lowest BCUT2D eigenvalue weighted by molar-refractivity contribution is 0.660. The van der Waals surface area contributed by atoms with Gasteiger partial charge in [-0.15, -0.1) is 0 Å². The summed E-state index contributed by atoms with van der Waals surface area (Å²) in [6, 6.07) is 117. The molecule has 16 aromatic rings. The van der Waals surface area contributed by atoms with Crippen molar-refractivity contribution in [1.82, 2.24) is 29.9 Å². The van der Waals surface area contributed by atoms with Gasteiger partial charge in [0.2, 0.25) is 0 Å². The Morgan fingerprint density at radius 2 is 0.470 bits per heavy atom. The molecule has 6 heteroatoms. The molecule has 100 heavy (non-hydrogen) atoms. The van der Waals surface area contributed by atoms with Gasteiger partial charge in [-0.05, 0) is 148 Å². The van der Waals surface area contributed by atoms with Crippen molar-refractivity contribution >= 4 is 0 Å². The van der Waals surface area contributed by atoms with Crippen molar-refractivity contribution in [1.29, 1.82) is 0 Å². The van der Waals surface area contributed by atoms with Crippen molar-refractivity contribution in [2.45, 2.75) is 24.7 Å². The Morgan fingerprint density at radius 3 is 0.850 bits per heavy atom. The van der Waals surface area contributed by atoms with Crippen molar-refractivity contribution in [3.8, 4) is 146 Å². The van der Waals surface area contributed by atoms with Crippen LogP contribution in [0.5, 0.6) is 0 Å². The first-order valence-corrected chi connectivity index (χ1v) is 34.1. The lowest BCUT2D eigenvalue weighted by atomic mass is 9.70. The van der Waals surface area contributed by atoms with E-state index in [1.165, 1.54) is 89.0 Å². The molecule has 0 saturated carbocycles. The summed E-state index contributed by atoms with van der Waals surface area (Å²) >= 11 is 0. The smallest absolute Gasteiger partial charge is 0.160 e. The highest BCUT2D eigenvalue weighted by molar-refractivity contribution is 5.96. The van der Waals surface area contributed by atoms with Crippen molar-refractivity contribution < 1.29 is 0 Å². The van der Waals surface area contributed by atoms with Gasteiger partial charge in [-0.25, -0.2) is 19.9 Å². The number of fused-ring (bicyclic) bond motifs is 13. The SMILES string of the molecule is CC1(C)c2ccccc2-c2cc(-c3ccc(-c4cc(-c5ccc(-c6cccnc6)cc5)nc(-c5ccccc5)n4)cc3)ccc21.c1ccc(-c2nc(-c3ccc(-c4cccnc4)cc3)cc(-c3ccc(-c4ccc5c(c4)-c4ccccc4C54c5ccccc5-c5ccccc54)cc3)n2)cc1. The molecule has 0 saturated heterocycles. The second kappa shape index (κ2) is 24.6. The van der Waals surface area contributed by atoms with E-state index < -0.39 is 0 Å². The molecule has 4 aromatic heterocycles. The van der Waals surface area contributed by atoms with Gasteiger partial charge in [-0.2, -0.15) is 0 Å². The van der Waals surface area contributed by atoms with Crippen LogP contribution in [0, 0.1) is 0 Å². The van der Waals surface area contributed by atoms with E-state index in [0.717, 1.165) is 78.4 Å². The molecule has 0 amide bonds. The maximum Gasteiger partial charge on any atom is 0.160 e. The van der Waals surface area contributed by atoms with Crippen LogP contribution in [-0.2, 0) is 10.8 Å². The Kier molecular flexibility index (Phi) is 14.7. The second-order valence-corrected chi connectivity index (χ2v) is 26.5.